The first-order valence-corrected chi connectivity index (χ1v) is 12.4. The standard InChI is InChI=1S/C26H28N4O3S/c1-29(25(33)12-17-5-6-18-14-24(32)28-22(18)11-17)23(16-30-9-7-21(31)15-30)19-3-2-4-20(13-19)26-27-8-10-34-26/h2-6,8,10-11,13,21,23,31H,7,9,12,14-16H2,1H3,(H,28,32)/t21-,23+/m0/s1. The minimum Gasteiger partial charge on any atom is -0.392 e. The fraction of sp³-hybridized carbons (Fsp3) is 0.346. The first-order chi connectivity index (χ1) is 16.5. The summed E-state index contributed by atoms with van der Waals surface area (Å²) in [5, 5.41) is 15.8. The van der Waals surface area contributed by atoms with E-state index >= 15 is 0 Å². The van der Waals surface area contributed by atoms with Crippen LogP contribution in [0.2, 0.25) is 0 Å². The van der Waals surface area contributed by atoms with Crippen LogP contribution in [0.5, 0.6) is 0 Å². The van der Waals surface area contributed by atoms with Gasteiger partial charge < -0.3 is 15.3 Å². The Bertz CT molecular complexity index is 1200. The molecule has 34 heavy (non-hydrogen) atoms. The molecule has 0 radical (unpaired) electrons. The van der Waals surface area contributed by atoms with Crippen LogP contribution in [0, 0.1) is 0 Å². The number of amides is 2. The molecule has 1 fully saturated rings. The Labute approximate surface area is 203 Å². The van der Waals surface area contributed by atoms with Gasteiger partial charge >= 0.3 is 0 Å². The number of hydrogen-bond donors (Lipinski definition) is 2. The van der Waals surface area contributed by atoms with E-state index in [4.69, 9.17) is 0 Å². The first-order valence-electron chi connectivity index (χ1n) is 11.5. The van der Waals surface area contributed by atoms with Crippen LogP contribution in [0.1, 0.15) is 29.2 Å². The molecule has 0 spiro atoms. The molecule has 0 bridgehead atoms. The van der Waals surface area contributed by atoms with Crippen LogP contribution in [0.15, 0.2) is 54.0 Å². The minimum atomic E-state index is -0.315. The molecule has 2 aliphatic rings. The maximum atomic E-state index is 13.4. The lowest BCUT2D eigenvalue weighted by Gasteiger charge is -2.32. The van der Waals surface area contributed by atoms with Crippen LogP contribution in [0.25, 0.3) is 10.6 Å². The number of nitrogens with zero attached hydrogens (tertiary/aromatic N) is 3. The molecule has 3 heterocycles. The van der Waals surface area contributed by atoms with Gasteiger partial charge in [0, 0.05) is 49.5 Å². The van der Waals surface area contributed by atoms with E-state index in [0.29, 0.717) is 19.5 Å². The fourth-order valence-electron chi connectivity index (χ4n) is 4.76. The number of rotatable bonds is 7. The molecule has 0 saturated carbocycles. The number of benzene rings is 2. The third-order valence-electron chi connectivity index (χ3n) is 6.64. The van der Waals surface area contributed by atoms with Crippen molar-refractivity contribution < 1.29 is 14.7 Å². The van der Waals surface area contributed by atoms with Crippen LogP contribution < -0.4 is 5.32 Å². The average Bonchev–Trinajstić information content (AvgIpc) is 3.57. The van der Waals surface area contributed by atoms with Crippen molar-refractivity contribution in [2.45, 2.75) is 31.4 Å². The Morgan fingerprint density at radius 3 is 2.97 bits per heavy atom. The van der Waals surface area contributed by atoms with Crippen LogP contribution in [0.3, 0.4) is 0 Å². The van der Waals surface area contributed by atoms with E-state index in [1.165, 1.54) is 0 Å². The first kappa shape index (κ1) is 22.7. The van der Waals surface area contributed by atoms with Crippen molar-refractivity contribution in [3.63, 3.8) is 0 Å². The van der Waals surface area contributed by atoms with E-state index in [9.17, 15) is 14.7 Å². The highest BCUT2D eigenvalue weighted by Gasteiger charge is 2.29. The molecule has 8 heteroatoms. The third-order valence-corrected chi connectivity index (χ3v) is 7.47. The summed E-state index contributed by atoms with van der Waals surface area (Å²) in [5.41, 5.74) is 4.74. The molecular formula is C26H28N4O3S. The van der Waals surface area contributed by atoms with E-state index in [1.54, 1.807) is 17.5 Å². The van der Waals surface area contributed by atoms with E-state index < -0.39 is 0 Å². The smallest absolute Gasteiger partial charge is 0.228 e. The summed E-state index contributed by atoms with van der Waals surface area (Å²) in [7, 11) is 1.85. The lowest BCUT2D eigenvalue weighted by atomic mass is 10.0. The van der Waals surface area contributed by atoms with Gasteiger partial charge in [0.1, 0.15) is 5.01 Å². The number of aromatic nitrogens is 1. The summed E-state index contributed by atoms with van der Waals surface area (Å²) in [6, 6.07) is 13.8. The van der Waals surface area contributed by atoms with Crippen molar-refractivity contribution in [1.29, 1.82) is 0 Å². The molecule has 2 aromatic carbocycles. The monoisotopic (exact) mass is 476 g/mol. The normalized spacial score (nSPS) is 18.5. The number of likely N-dealkylation sites (tertiary alicyclic amines) is 1. The molecule has 2 aliphatic heterocycles. The molecule has 7 nitrogen and oxygen atoms in total. The predicted octanol–water partition coefficient (Wildman–Crippen LogP) is 3.11. The highest BCUT2D eigenvalue weighted by atomic mass is 32.1. The Hall–Kier alpha value is -3.07. The van der Waals surface area contributed by atoms with Gasteiger partial charge in [-0.2, -0.15) is 0 Å². The topological polar surface area (TPSA) is 85.8 Å². The molecule has 2 atom stereocenters. The molecule has 1 aromatic heterocycles. The van der Waals surface area contributed by atoms with Gasteiger partial charge in [-0.15, -0.1) is 11.3 Å². The Morgan fingerprint density at radius 1 is 1.32 bits per heavy atom. The fourth-order valence-corrected chi connectivity index (χ4v) is 5.40. The molecule has 0 aliphatic carbocycles. The molecule has 3 aromatic rings. The summed E-state index contributed by atoms with van der Waals surface area (Å²) >= 11 is 1.59. The summed E-state index contributed by atoms with van der Waals surface area (Å²) in [6.45, 7) is 2.09. The number of carbonyl (C=O) groups excluding carboxylic acids is 2. The van der Waals surface area contributed by atoms with Crippen molar-refractivity contribution >= 4 is 28.8 Å². The maximum Gasteiger partial charge on any atom is 0.228 e. The van der Waals surface area contributed by atoms with E-state index in [-0.39, 0.29) is 30.4 Å². The number of aliphatic hydroxyl groups is 1. The van der Waals surface area contributed by atoms with E-state index in [2.05, 4.69) is 27.3 Å². The second-order valence-corrected chi connectivity index (χ2v) is 9.97. The molecular weight excluding hydrogens is 448 g/mol. The highest BCUT2D eigenvalue weighted by Crippen LogP contribution is 2.30. The van der Waals surface area contributed by atoms with Gasteiger partial charge in [0.25, 0.3) is 0 Å². The minimum absolute atomic E-state index is 0.00803. The average molecular weight is 477 g/mol. The highest BCUT2D eigenvalue weighted by molar-refractivity contribution is 7.13. The van der Waals surface area contributed by atoms with Crippen molar-refractivity contribution in [1.82, 2.24) is 14.8 Å². The number of β-amino-alcohol motifs (C(OH)–C–C–N with tert-alkyl or cyclic N) is 1. The number of nitrogens with one attached hydrogen (secondary N) is 1. The number of fused-ring (bicyclic) bond motifs is 1. The van der Waals surface area contributed by atoms with Crippen LogP contribution in [-0.4, -0.2) is 64.5 Å². The number of carbonyl (C=O) groups is 2. The third kappa shape index (κ3) is 4.89. The van der Waals surface area contributed by atoms with Gasteiger partial charge in [-0.25, -0.2) is 4.98 Å². The lowest BCUT2D eigenvalue weighted by molar-refractivity contribution is -0.131. The maximum absolute atomic E-state index is 13.4. The summed E-state index contributed by atoms with van der Waals surface area (Å²) in [6.07, 6.45) is 2.88. The van der Waals surface area contributed by atoms with Crippen molar-refractivity contribution in [3.8, 4) is 10.6 Å². The molecule has 5 rings (SSSR count). The number of aliphatic hydroxyl groups excluding tert-OH is 1. The number of anilines is 1. The van der Waals surface area contributed by atoms with Gasteiger partial charge in [0.05, 0.1) is 25.0 Å². The largest absolute Gasteiger partial charge is 0.392 e. The number of hydrogen-bond acceptors (Lipinski definition) is 6. The lowest BCUT2D eigenvalue weighted by Crippen LogP contribution is -2.39. The molecule has 2 amide bonds. The zero-order valence-electron chi connectivity index (χ0n) is 19.1. The van der Waals surface area contributed by atoms with Crippen molar-refractivity contribution in [3.05, 3.63) is 70.7 Å². The van der Waals surface area contributed by atoms with Crippen LogP contribution >= 0.6 is 11.3 Å². The zero-order valence-corrected chi connectivity index (χ0v) is 19.9. The summed E-state index contributed by atoms with van der Waals surface area (Å²) < 4.78 is 0. The summed E-state index contributed by atoms with van der Waals surface area (Å²) in [4.78, 5) is 33.6. The van der Waals surface area contributed by atoms with E-state index in [0.717, 1.165) is 45.9 Å². The SMILES string of the molecule is CN(C(=O)Cc1ccc2c(c1)NC(=O)C2)[C@H](CN1CC[C@H](O)C1)c1cccc(-c2nccs2)c1. The number of likely N-dealkylation sites (N-methyl/N-ethyl adjacent to an activating group) is 1. The number of thiazole rings is 1. The predicted molar refractivity (Wildman–Crippen MR) is 133 cm³/mol. The summed E-state index contributed by atoms with van der Waals surface area (Å²) in [5.74, 6) is -0.00255. The van der Waals surface area contributed by atoms with Gasteiger partial charge in [-0.05, 0) is 35.2 Å². The van der Waals surface area contributed by atoms with Gasteiger partial charge in [0.15, 0.2) is 0 Å². The molecule has 176 valence electrons. The van der Waals surface area contributed by atoms with E-state index in [1.807, 2.05) is 47.7 Å². The van der Waals surface area contributed by atoms with Crippen LogP contribution in [0.4, 0.5) is 5.69 Å². The van der Waals surface area contributed by atoms with Crippen molar-refractivity contribution in [2.24, 2.45) is 0 Å². The Morgan fingerprint density at radius 2 is 2.21 bits per heavy atom. The van der Waals surface area contributed by atoms with Crippen molar-refractivity contribution in [2.75, 3.05) is 32.0 Å². The Balaban J connectivity index is 1.38. The molecule has 1 saturated heterocycles. The quantitative estimate of drug-likeness (QED) is 0.547. The molecule has 2 N–H and O–H groups in total. The van der Waals surface area contributed by atoms with Gasteiger partial charge in [-0.3, -0.25) is 14.5 Å². The van der Waals surface area contributed by atoms with Crippen LogP contribution in [-0.2, 0) is 22.4 Å². The van der Waals surface area contributed by atoms with Gasteiger partial charge in [0.2, 0.25) is 11.8 Å². The van der Waals surface area contributed by atoms with Gasteiger partial charge in [-0.1, -0.05) is 30.3 Å². The second kappa shape index (κ2) is 9.66. The Kier molecular flexibility index (Phi) is 6.45. The second-order valence-electron chi connectivity index (χ2n) is 9.08. The molecule has 0 unspecified atom stereocenters. The zero-order chi connectivity index (χ0) is 23.7.